The van der Waals surface area contributed by atoms with E-state index in [1.54, 1.807) is 23.2 Å². The molecule has 164 valence electrons. The Bertz CT molecular complexity index is 1120. The predicted molar refractivity (Wildman–Crippen MR) is 120 cm³/mol. The number of methoxy groups -OCH3 is 1. The maximum Gasteiger partial charge on any atom is 0.410 e. The van der Waals surface area contributed by atoms with Crippen molar-refractivity contribution >= 4 is 17.6 Å². The molecule has 32 heavy (non-hydrogen) atoms. The minimum absolute atomic E-state index is 0.211. The molecule has 0 N–H and O–H groups in total. The number of rotatable bonds is 5. The summed E-state index contributed by atoms with van der Waals surface area (Å²) >= 11 is 0. The van der Waals surface area contributed by atoms with Crippen LogP contribution < -0.4 is 0 Å². The molecule has 0 saturated heterocycles. The molecular formula is C25H25N3O4. The van der Waals surface area contributed by atoms with Crippen molar-refractivity contribution in [2.24, 2.45) is 7.05 Å². The molecule has 0 aliphatic carbocycles. The van der Waals surface area contributed by atoms with Gasteiger partial charge in [-0.1, -0.05) is 48.5 Å². The second-order valence-electron chi connectivity index (χ2n) is 7.57. The lowest BCUT2D eigenvalue weighted by molar-refractivity contribution is 0.0600. The van der Waals surface area contributed by atoms with Crippen LogP contribution in [-0.2, 0) is 23.1 Å². The van der Waals surface area contributed by atoms with Crippen molar-refractivity contribution in [3.63, 3.8) is 0 Å². The molecule has 7 heteroatoms. The van der Waals surface area contributed by atoms with Crippen molar-refractivity contribution in [3.05, 3.63) is 95.3 Å². The highest BCUT2D eigenvalue weighted by Gasteiger charge is 2.30. The molecule has 1 atom stereocenters. The first kappa shape index (κ1) is 21.4. The molecule has 0 bridgehead atoms. The fourth-order valence-electron chi connectivity index (χ4n) is 3.86. The number of carbonyl (C=O) groups excluding carboxylic acids is 2. The van der Waals surface area contributed by atoms with E-state index in [1.165, 1.54) is 7.11 Å². The quantitative estimate of drug-likeness (QED) is 0.561. The first-order chi connectivity index (χ1) is 15.6. The number of esters is 1. The normalized spacial score (nSPS) is 15.8. The Balaban J connectivity index is 1.61. The highest BCUT2D eigenvalue weighted by atomic mass is 16.6. The van der Waals surface area contributed by atoms with Crippen LogP contribution in [0.4, 0.5) is 4.79 Å². The molecule has 0 radical (unpaired) electrons. The van der Waals surface area contributed by atoms with E-state index in [4.69, 9.17) is 9.47 Å². The van der Waals surface area contributed by atoms with Gasteiger partial charge in [-0.3, -0.25) is 9.58 Å². The summed E-state index contributed by atoms with van der Waals surface area (Å²) in [7, 11) is 3.25. The molecule has 7 nitrogen and oxygen atoms in total. The smallest absolute Gasteiger partial charge is 0.410 e. The summed E-state index contributed by atoms with van der Waals surface area (Å²) in [6.07, 6.45) is 4.14. The van der Waals surface area contributed by atoms with E-state index in [-0.39, 0.29) is 18.7 Å². The summed E-state index contributed by atoms with van der Waals surface area (Å²) in [6.45, 7) is 0.719. The molecule has 0 saturated carbocycles. The summed E-state index contributed by atoms with van der Waals surface area (Å²) in [4.78, 5) is 26.5. The molecule has 0 fully saturated rings. The molecule has 0 unspecified atom stereocenters. The topological polar surface area (TPSA) is 73.7 Å². The van der Waals surface area contributed by atoms with Crippen LogP contribution in [0.1, 0.15) is 39.6 Å². The van der Waals surface area contributed by atoms with Gasteiger partial charge in [0.1, 0.15) is 6.61 Å². The molecule has 0 spiro atoms. The number of hydrogen-bond donors (Lipinski definition) is 0. The van der Waals surface area contributed by atoms with Crippen molar-refractivity contribution in [2.75, 3.05) is 13.7 Å². The molecule has 1 aliphatic rings. The van der Waals surface area contributed by atoms with Gasteiger partial charge < -0.3 is 9.47 Å². The lowest BCUT2D eigenvalue weighted by atomic mass is 9.94. The average molecular weight is 431 g/mol. The van der Waals surface area contributed by atoms with Gasteiger partial charge in [-0.15, -0.1) is 0 Å². The molecule has 2 heterocycles. The Morgan fingerprint density at radius 1 is 1.06 bits per heavy atom. The zero-order valence-electron chi connectivity index (χ0n) is 18.1. The Hall–Kier alpha value is -3.87. The standard InChI is InChI=1S/C25H25N3O4/c1-27-22(12-14-26-27)21-13-15-28(25(30)32-17-18-6-4-3-5-7-18)23(16-21)19-8-10-20(11-9-19)24(29)31-2/h3-12,14,16,23H,13,15,17H2,1-2H3/t23-/m0/s1. The zero-order chi connectivity index (χ0) is 22.5. The molecule has 1 aromatic heterocycles. The van der Waals surface area contributed by atoms with Gasteiger partial charge >= 0.3 is 12.1 Å². The Labute approximate surface area is 186 Å². The minimum atomic E-state index is -0.398. The van der Waals surface area contributed by atoms with Crippen LogP contribution in [0.3, 0.4) is 0 Å². The van der Waals surface area contributed by atoms with E-state index in [9.17, 15) is 9.59 Å². The van der Waals surface area contributed by atoms with Crippen LogP contribution in [0.15, 0.2) is 72.9 Å². The second-order valence-corrected chi connectivity index (χ2v) is 7.57. The number of ether oxygens (including phenoxy) is 2. The molecule has 2 aromatic carbocycles. The zero-order valence-corrected chi connectivity index (χ0v) is 18.1. The van der Waals surface area contributed by atoms with Crippen LogP contribution in [-0.4, -0.2) is 40.4 Å². The van der Waals surface area contributed by atoms with Gasteiger partial charge in [-0.2, -0.15) is 5.10 Å². The van der Waals surface area contributed by atoms with Gasteiger partial charge in [-0.05, 0) is 41.3 Å². The first-order valence-corrected chi connectivity index (χ1v) is 10.4. The lowest BCUT2D eigenvalue weighted by Gasteiger charge is -2.34. The highest BCUT2D eigenvalue weighted by molar-refractivity contribution is 5.89. The van der Waals surface area contributed by atoms with E-state index in [2.05, 4.69) is 11.2 Å². The van der Waals surface area contributed by atoms with Gasteiger partial charge in [0.2, 0.25) is 0 Å². The third-order valence-electron chi connectivity index (χ3n) is 5.58. The van der Waals surface area contributed by atoms with Gasteiger partial charge in [-0.25, -0.2) is 9.59 Å². The van der Waals surface area contributed by atoms with Crippen molar-refractivity contribution in [1.82, 2.24) is 14.7 Å². The molecule has 1 aliphatic heterocycles. The highest BCUT2D eigenvalue weighted by Crippen LogP contribution is 2.34. The van der Waals surface area contributed by atoms with E-state index in [1.807, 2.05) is 60.3 Å². The van der Waals surface area contributed by atoms with Crippen molar-refractivity contribution in [3.8, 4) is 0 Å². The summed E-state index contributed by atoms with van der Waals surface area (Å²) in [6, 6.07) is 18.3. The van der Waals surface area contributed by atoms with Crippen LogP contribution in [0.2, 0.25) is 0 Å². The number of benzene rings is 2. The van der Waals surface area contributed by atoms with Gasteiger partial charge in [0.25, 0.3) is 0 Å². The maximum absolute atomic E-state index is 13.0. The van der Waals surface area contributed by atoms with E-state index in [0.717, 1.165) is 22.4 Å². The van der Waals surface area contributed by atoms with Crippen LogP contribution in [0.5, 0.6) is 0 Å². The molecule has 1 amide bonds. The number of hydrogen-bond acceptors (Lipinski definition) is 5. The Morgan fingerprint density at radius 2 is 1.81 bits per heavy atom. The van der Waals surface area contributed by atoms with Crippen LogP contribution in [0.25, 0.3) is 5.57 Å². The van der Waals surface area contributed by atoms with Gasteiger partial charge in [0, 0.05) is 19.8 Å². The summed E-state index contributed by atoms with van der Waals surface area (Å²) in [5, 5.41) is 4.27. The molecular weight excluding hydrogens is 406 g/mol. The van der Waals surface area contributed by atoms with Crippen molar-refractivity contribution in [2.45, 2.75) is 19.1 Å². The maximum atomic E-state index is 13.0. The molecule has 4 rings (SSSR count). The largest absolute Gasteiger partial charge is 0.465 e. The summed E-state index contributed by atoms with van der Waals surface area (Å²) < 4.78 is 12.2. The number of carbonyl (C=O) groups is 2. The van der Waals surface area contributed by atoms with Crippen LogP contribution in [0, 0.1) is 0 Å². The Kier molecular flexibility index (Phi) is 6.35. The van der Waals surface area contributed by atoms with Gasteiger partial charge in [0.15, 0.2) is 0 Å². The SMILES string of the molecule is COC(=O)c1ccc([C@@H]2C=C(c3ccnn3C)CCN2C(=O)OCc2ccccc2)cc1. The molecule has 3 aromatic rings. The minimum Gasteiger partial charge on any atom is -0.465 e. The number of amides is 1. The number of aromatic nitrogens is 2. The first-order valence-electron chi connectivity index (χ1n) is 10.4. The number of nitrogens with zero attached hydrogens (tertiary/aromatic N) is 3. The monoisotopic (exact) mass is 431 g/mol. The second kappa shape index (κ2) is 9.51. The third-order valence-corrected chi connectivity index (χ3v) is 5.58. The Morgan fingerprint density at radius 3 is 2.47 bits per heavy atom. The fraction of sp³-hybridized carbons (Fsp3) is 0.240. The third kappa shape index (κ3) is 4.56. The predicted octanol–water partition coefficient (Wildman–Crippen LogP) is 4.37. The van der Waals surface area contributed by atoms with Gasteiger partial charge in [0.05, 0.1) is 24.4 Å². The average Bonchev–Trinajstić information content (AvgIpc) is 3.28. The summed E-state index contributed by atoms with van der Waals surface area (Å²) in [5.41, 5.74) is 4.40. The van der Waals surface area contributed by atoms with E-state index < -0.39 is 5.97 Å². The van der Waals surface area contributed by atoms with Crippen molar-refractivity contribution < 1.29 is 19.1 Å². The fourth-order valence-corrected chi connectivity index (χ4v) is 3.86. The van der Waals surface area contributed by atoms with E-state index >= 15 is 0 Å². The van der Waals surface area contributed by atoms with E-state index in [0.29, 0.717) is 18.5 Å². The lowest BCUT2D eigenvalue weighted by Crippen LogP contribution is -2.38. The van der Waals surface area contributed by atoms with Crippen LogP contribution >= 0.6 is 0 Å². The number of aryl methyl sites for hydroxylation is 1. The summed E-state index contributed by atoms with van der Waals surface area (Å²) in [5.74, 6) is -0.398. The van der Waals surface area contributed by atoms with Crippen molar-refractivity contribution in [1.29, 1.82) is 0 Å².